The quantitative estimate of drug-likeness (QED) is 0.527. The number of rotatable bonds is 1. The molecule has 0 saturated heterocycles. The van der Waals surface area contributed by atoms with Gasteiger partial charge in [-0.25, -0.2) is 0 Å². The van der Waals surface area contributed by atoms with E-state index in [1.807, 2.05) is 0 Å². The van der Waals surface area contributed by atoms with E-state index in [9.17, 15) is 0 Å². The Balaban J connectivity index is 2.22. The Kier molecular flexibility index (Phi) is 2.72. The summed E-state index contributed by atoms with van der Waals surface area (Å²) in [5.41, 5.74) is 2.18. The summed E-state index contributed by atoms with van der Waals surface area (Å²) >= 11 is 2.30. The van der Waals surface area contributed by atoms with Gasteiger partial charge in [0.15, 0.2) is 0 Å². The van der Waals surface area contributed by atoms with Gasteiger partial charge in [-0.05, 0) is 0 Å². The van der Waals surface area contributed by atoms with Gasteiger partial charge in [-0.2, -0.15) is 0 Å². The second kappa shape index (κ2) is 3.68. The third-order valence-corrected chi connectivity index (χ3v) is 3.78. The van der Waals surface area contributed by atoms with E-state index in [1.165, 1.54) is 38.5 Å². The van der Waals surface area contributed by atoms with Crippen LogP contribution in [0.1, 0.15) is 45.4 Å². The molecule has 13 heavy (non-hydrogen) atoms. The number of hydrogen-bond donors (Lipinski definition) is 0. The molecule has 66 valence electrons. The molecule has 2 rings (SSSR count). The molecule has 0 radical (unpaired) electrons. The molecule has 0 spiro atoms. The van der Waals surface area contributed by atoms with E-state index < -0.39 is 0 Å². The predicted octanol–water partition coefficient (Wildman–Crippen LogP) is 3.34. The van der Waals surface area contributed by atoms with Gasteiger partial charge in [0.25, 0.3) is 0 Å². The minimum absolute atomic E-state index is 0.523. The Hall–Kier alpha value is 0.0774. The van der Waals surface area contributed by atoms with E-state index in [0.717, 1.165) is 0 Å². The molecule has 0 unspecified atom stereocenters. The molecule has 0 atom stereocenters. The van der Waals surface area contributed by atoms with Crippen LogP contribution in [0.3, 0.4) is 0 Å². The summed E-state index contributed by atoms with van der Waals surface area (Å²) in [5.74, 6) is 0. The molecule has 0 amide bonds. The standard InChI is InChI=1S/C12H17.Li/c1-12(9-5-2-6-10-12)11-7-3-4-8-11;/h3,7H,2,4-6,9-10H2,1H3;. The summed E-state index contributed by atoms with van der Waals surface area (Å²) in [6.07, 6.45) is 13.0. The van der Waals surface area contributed by atoms with Crippen molar-refractivity contribution in [2.24, 2.45) is 5.41 Å². The van der Waals surface area contributed by atoms with E-state index in [2.05, 4.69) is 36.8 Å². The molecule has 1 fully saturated rings. The monoisotopic (exact) mass is 168 g/mol. The van der Waals surface area contributed by atoms with Crippen molar-refractivity contribution in [2.75, 3.05) is 0 Å². The SMILES string of the molecule is [Li][C]1=C(C2(C)CCCCC2)C=CC1. The van der Waals surface area contributed by atoms with E-state index in [4.69, 9.17) is 0 Å². The summed E-state index contributed by atoms with van der Waals surface area (Å²) in [6, 6.07) is 0. The Labute approximate surface area is 90.7 Å². The van der Waals surface area contributed by atoms with Crippen LogP contribution in [-0.4, -0.2) is 17.7 Å². The molecular weight excluding hydrogens is 151 g/mol. The molecule has 0 heterocycles. The molecular formula is C12H17Li. The average Bonchev–Trinajstić information content (AvgIpc) is 2.53. The van der Waals surface area contributed by atoms with E-state index >= 15 is 0 Å². The molecule has 1 heteroatoms. The van der Waals surface area contributed by atoms with Crippen LogP contribution in [0.2, 0.25) is 0 Å². The van der Waals surface area contributed by atoms with Crippen molar-refractivity contribution in [1.82, 2.24) is 0 Å². The Morgan fingerprint density at radius 2 is 1.92 bits per heavy atom. The normalized spacial score (nSPS) is 27.0. The van der Waals surface area contributed by atoms with Crippen molar-refractivity contribution in [3.05, 3.63) is 22.0 Å². The summed E-state index contributed by atoms with van der Waals surface area (Å²) < 4.78 is 1.62. The van der Waals surface area contributed by atoms with E-state index in [0.29, 0.717) is 5.41 Å². The summed E-state index contributed by atoms with van der Waals surface area (Å²) in [7, 11) is 0. The fourth-order valence-electron chi connectivity index (χ4n) is 2.92. The van der Waals surface area contributed by atoms with Crippen molar-refractivity contribution >= 4 is 17.7 Å². The Morgan fingerprint density at radius 3 is 2.46 bits per heavy atom. The summed E-state index contributed by atoms with van der Waals surface area (Å²) in [6.45, 7) is 2.46. The van der Waals surface area contributed by atoms with Gasteiger partial charge < -0.3 is 0 Å². The molecule has 0 aromatic rings. The van der Waals surface area contributed by atoms with Crippen molar-refractivity contribution in [2.45, 2.75) is 45.4 Å². The van der Waals surface area contributed by atoms with Gasteiger partial charge >= 0.3 is 90.6 Å². The maximum absolute atomic E-state index is 2.46. The third kappa shape index (κ3) is 1.80. The first-order chi connectivity index (χ1) is 6.22. The van der Waals surface area contributed by atoms with Gasteiger partial charge in [0.1, 0.15) is 0 Å². The maximum atomic E-state index is 2.46. The molecule has 0 bridgehead atoms. The van der Waals surface area contributed by atoms with Crippen molar-refractivity contribution in [1.29, 1.82) is 0 Å². The van der Waals surface area contributed by atoms with Crippen LogP contribution in [0.4, 0.5) is 0 Å². The van der Waals surface area contributed by atoms with Crippen LogP contribution in [0.5, 0.6) is 0 Å². The van der Waals surface area contributed by atoms with Crippen molar-refractivity contribution in [3.63, 3.8) is 0 Å². The van der Waals surface area contributed by atoms with Crippen molar-refractivity contribution < 1.29 is 0 Å². The summed E-state index contributed by atoms with van der Waals surface area (Å²) in [5, 5.41) is 0. The zero-order valence-corrected chi connectivity index (χ0v) is 8.90. The van der Waals surface area contributed by atoms with Crippen LogP contribution in [0.15, 0.2) is 22.0 Å². The van der Waals surface area contributed by atoms with E-state index in [1.54, 1.807) is 9.82 Å². The molecule has 1 saturated carbocycles. The minimum atomic E-state index is 0.523. The van der Waals surface area contributed by atoms with Crippen molar-refractivity contribution in [3.8, 4) is 0 Å². The second-order valence-electron chi connectivity index (χ2n) is 4.92. The van der Waals surface area contributed by atoms with Gasteiger partial charge in [-0.1, -0.05) is 0 Å². The first kappa shape index (κ1) is 9.63. The van der Waals surface area contributed by atoms with Gasteiger partial charge in [0.05, 0.1) is 0 Å². The van der Waals surface area contributed by atoms with Gasteiger partial charge in [-0.15, -0.1) is 0 Å². The molecule has 0 nitrogen and oxygen atoms in total. The number of hydrogen-bond acceptors (Lipinski definition) is 0. The average molecular weight is 168 g/mol. The second-order valence-corrected chi connectivity index (χ2v) is 4.92. The number of allylic oxidation sites excluding steroid dienone is 4. The summed E-state index contributed by atoms with van der Waals surface area (Å²) in [4.78, 5) is 0. The van der Waals surface area contributed by atoms with Crippen LogP contribution < -0.4 is 0 Å². The van der Waals surface area contributed by atoms with Crippen LogP contribution in [-0.2, 0) is 0 Å². The molecule has 0 aliphatic heterocycles. The third-order valence-electron chi connectivity index (χ3n) is 3.78. The topological polar surface area (TPSA) is 0 Å². The molecule has 2 aliphatic rings. The van der Waals surface area contributed by atoms with Gasteiger partial charge in [-0.3, -0.25) is 0 Å². The van der Waals surface area contributed by atoms with E-state index in [-0.39, 0.29) is 0 Å². The molecule has 0 aromatic carbocycles. The first-order valence-corrected chi connectivity index (χ1v) is 5.59. The van der Waals surface area contributed by atoms with Crippen LogP contribution in [0.25, 0.3) is 0 Å². The molecule has 0 N–H and O–H groups in total. The fraction of sp³-hybridized carbons (Fsp3) is 0.667. The first-order valence-electron chi connectivity index (χ1n) is 5.59. The predicted molar refractivity (Wildman–Crippen MR) is 57.7 cm³/mol. The van der Waals surface area contributed by atoms with Crippen LogP contribution >= 0.6 is 0 Å². The Morgan fingerprint density at radius 1 is 1.23 bits per heavy atom. The van der Waals surface area contributed by atoms with Gasteiger partial charge in [0, 0.05) is 0 Å². The molecule has 2 aliphatic carbocycles. The zero-order valence-electron chi connectivity index (χ0n) is 8.90. The van der Waals surface area contributed by atoms with Gasteiger partial charge in [0.2, 0.25) is 0 Å². The Bertz CT molecular complexity index is 254. The fourth-order valence-corrected chi connectivity index (χ4v) is 2.92. The molecule has 0 aromatic heterocycles. The zero-order chi connectivity index (χ0) is 9.31. The van der Waals surface area contributed by atoms with Crippen LogP contribution in [0, 0.1) is 5.41 Å².